The van der Waals surface area contributed by atoms with Crippen molar-refractivity contribution in [1.29, 1.82) is 0 Å². The van der Waals surface area contributed by atoms with Crippen molar-refractivity contribution in [2.45, 2.75) is 52.4 Å². The molecule has 35 heavy (non-hydrogen) atoms. The standard InChI is InChI=1S/C29H30O6/c1-3-27(30)35-26-18-21(2)17-23(20-26)10-8-14-28(31)34-25-13-7-9-22(19-25)15-16-29(32)33-24-11-5-4-6-12-24/h4-7,9,11-13,17-20H,3,8,10,14-16H2,1-2H3. The van der Waals surface area contributed by atoms with Crippen LogP contribution in [0.25, 0.3) is 0 Å². The molecule has 0 fully saturated rings. The maximum absolute atomic E-state index is 12.3. The number of aryl methyl sites for hydroxylation is 3. The van der Waals surface area contributed by atoms with Crippen molar-refractivity contribution >= 4 is 17.9 Å². The highest BCUT2D eigenvalue weighted by molar-refractivity contribution is 5.73. The van der Waals surface area contributed by atoms with Gasteiger partial charge in [-0.05, 0) is 79.3 Å². The molecule has 0 heterocycles. The lowest BCUT2D eigenvalue weighted by molar-refractivity contribution is -0.135. The SMILES string of the molecule is CCC(=O)Oc1cc(C)cc(CCCC(=O)Oc2cccc(CCC(=O)Oc3ccccc3)c2)c1. The minimum absolute atomic E-state index is 0.221. The van der Waals surface area contributed by atoms with E-state index in [1.807, 2.05) is 49.4 Å². The van der Waals surface area contributed by atoms with Crippen LogP contribution in [-0.4, -0.2) is 17.9 Å². The third-order valence-corrected chi connectivity index (χ3v) is 5.20. The summed E-state index contributed by atoms with van der Waals surface area (Å²) in [5.74, 6) is 0.579. The van der Waals surface area contributed by atoms with Gasteiger partial charge in [0, 0.05) is 19.3 Å². The van der Waals surface area contributed by atoms with Crippen LogP contribution < -0.4 is 14.2 Å². The van der Waals surface area contributed by atoms with Crippen molar-refractivity contribution < 1.29 is 28.6 Å². The summed E-state index contributed by atoms with van der Waals surface area (Å²) in [5.41, 5.74) is 2.88. The second-order valence-corrected chi connectivity index (χ2v) is 8.24. The first kappa shape index (κ1) is 25.7. The van der Waals surface area contributed by atoms with Crippen LogP contribution >= 0.6 is 0 Å². The van der Waals surface area contributed by atoms with Gasteiger partial charge in [0.05, 0.1) is 0 Å². The van der Waals surface area contributed by atoms with Crippen LogP contribution in [0.5, 0.6) is 17.2 Å². The van der Waals surface area contributed by atoms with E-state index in [0.29, 0.717) is 42.9 Å². The predicted octanol–water partition coefficient (Wildman–Crippen LogP) is 5.78. The molecule has 182 valence electrons. The zero-order valence-corrected chi connectivity index (χ0v) is 20.1. The Kier molecular flexibility index (Phi) is 9.60. The number of benzene rings is 3. The average Bonchev–Trinajstić information content (AvgIpc) is 2.83. The summed E-state index contributed by atoms with van der Waals surface area (Å²) in [5, 5.41) is 0. The monoisotopic (exact) mass is 474 g/mol. The van der Waals surface area contributed by atoms with E-state index in [9.17, 15) is 14.4 Å². The molecule has 3 aromatic rings. The van der Waals surface area contributed by atoms with E-state index in [-0.39, 0.29) is 30.7 Å². The second kappa shape index (κ2) is 13.1. The summed E-state index contributed by atoms with van der Waals surface area (Å²) in [6, 6.07) is 21.8. The van der Waals surface area contributed by atoms with Crippen LogP contribution in [0.1, 0.15) is 49.3 Å². The third-order valence-electron chi connectivity index (χ3n) is 5.20. The molecule has 0 aromatic heterocycles. The Morgan fingerprint density at radius 3 is 2.06 bits per heavy atom. The van der Waals surface area contributed by atoms with Crippen molar-refractivity contribution in [3.05, 3.63) is 89.5 Å². The van der Waals surface area contributed by atoms with Gasteiger partial charge in [0.15, 0.2) is 0 Å². The Labute approximate surface area is 205 Å². The number of hydrogen-bond acceptors (Lipinski definition) is 6. The molecule has 0 aliphatic rings. The molecule has 0 spiro atoms. The molecular weight excluding hydrogens is 444 g/mol. The van der Waals surface area contributed by atoms with E-state index in [1.165, 1.54) is 0 Å². The molecule has 6 nitrogen and oxygen atoms in total. The fraction of sp³-hybridized carbons (Fsp3) is 0.276. The summed E-state index contributed by atoms with van der Waals surface area (Å²) >= 11 is 0. The zero-order valence-electron chi connectivity index (χ0n) is 20.1. The fourth-order valence-electron chi connectivity index (χ4n) is 3.53. The van der Waals surface area contributed by atoms with Crippen LogP contribution in [0, 0.1) is 6.92 Å². The lowest BCUT2D eigenvalue weighted by Crippen LogP contribution is -2.10. The number of carbonyl (C=O) groups is 3. The highest BCUT2D eigenvalue weighted by Crippen LogP contribution is 2.20. The predicted molar refractivity (Wildman–Crippen MR) is 133 cm³/mol. The quantitative estimate of drug-likeness (QED) is 0.259. The molecule has 6 heteroatoms. The average molecular weight is 475 g/mol. The highest BCUT2D eigenvalue weighted by atomic mass is 16.5. The molecule has 0 bridgehead atoms. The van der Waals surface area contributed by atoms with Crippen molar-refractivity contribution in [2.24, 2.45) is 0 Å². The fourth-order valence-corrected chi connectivity index (χ4v) is 3.53. The molecule has 0 radical (unpaired) electrons. The molecule has 0 aliphatic carbocycles. The first-order valence-electron chi connectivity index (χ1n) is 11.8. The van der Waals surface area contributed by atoms with Crippen LogP contribution in [0.4, 0.5) is 0 Å². The first-order chi connectivity index (χ1) is 16.9. The van der Waals surface area contributed by atoms with E-state index in [1.54, 1.807) is 37.3 Å². The Morgan fingerprint density at radius 2 is 1.29 bits per heavy atom. The molecule has 3 rings (SSSR count). The summed E-state index contributed by atoms with van der Waals surface area (Å²) in [6.07, 6.45) is 2.54. The molecule has 0 amide bonds. The van der Waals surface area contributed by atoms with E-state index in [2.05, 4.69) is 0 Å². The minimum Gasteiger partial charge on any atom is -0.427 e. The molecule has 0 aliphatic heterocycles. The Bertz CT molecular complexity index is 1150. The Morgan fingerprint density at radius 1 is 0.629 bits per heavy atom. The van der Waals surface area contributed by atoms with Crippen LogP contribution in [0.15, 0.2) is 72.8 Å². The van der Waals surface area contributed by atoms with Crippen molar-refractivity contribution in [3.63, 3.8) is 0 Å². The highest BCUT2D eigenvalue weighted by Gasteiger charge is 2.10. The van der Waals surface area contributed by atoms with Gasteiger partial charge in [-0.25, -0.2) is 0 Å². The number of hydrogen-bond donors (Lipinski definition) is 0. The van der Waals surface area contributed by atoms with Gasteiger partial charge in [-0.2, -0.15) is 0 Å². The topological polar surface area (TPSA) is 78.9 Å². The van der Waals surface area contributed by atoms with Crippen LogP contribution in [0.2, 0.25) is 0 Å². The molecule has 0 N–H and O–H groups in total. The summed E-state index contributed by atoms with van der Waals surface area (Å²) in [6.45, 7) is 3.69. The molecule has 0 atom stereocenters. The third kappa shape index (κ3) is 9.08. The van der Waals surface area contributed by atoms with E-state index < -0.39 is 0 Å². The molecule has 0 unspecified atom stereocenters. The molecular formula is C29H30O6. The normalized spacial score (nSPS) is 10.5. The lowest BCUT2D eigenvalue weighted by atomic mass is 10.1. The number of esters is 3. The molecule has 0 saturated heterocycles. The van der Waals surface area contributed by atoms with Crippen molar-refractivity contribution in [2.75, 3.05) is 0 Å². The van der Waals surface area contributed by atoms with Gasteiger partial charge < -0.3 is 14.2 Å². The summed E-state index contributed by atoms with van der Waals surface area (Å²) < 4.78 is 16.1. The maximum atomic E-state index is 12.3. The van der Waals surface area contributed by atoms with Gasteiger partial charge >= 0.3 is 17.9 Å². The first-order valence-corrected chi connectivity index (χ1v) is 11.8. The van der Waals surface area contributed by atoms with Gasteiger partial charge in [0.1, 0.15) is 17.2 Å². The molecule has 3 aromatic carbocycles. The van der Waals surface area contributed by atoms with Crippen LogP contribution in [-0.2, 0) is 27.2 Å². The van der Waals surface area contributed by atoms with Gasteiger partial charge in [0.2, 0.25) is 0 Å². The smallest absolute Gasteiger partial charge is 0.311 e. The summed E-state index contributed by atoms with van der Waals surface area (Å²) in [4.78, 5) is 35.9. The maximum Gasteiger partial charge on any atom is 0.311 e. The van der Waals surface area contributed by atoms with Gasteiger partial charge in [-0.15, -0.1) is 0 Å². The van der Waals surface area contributed by atoms with E-state index >= 15 is 0 Å². The van der Waals surface area contributed by atoms with Crippen LogP contribution in [0.3, 0.4) is 0 Å². The van der Waals surface area contributed by atoms with Crippen molar-refractivity contribution in [3.8, 4) is 17.2 Å². The number of rotatable bonds is 11. The largest absolute Gasteiger partial charge is 0.427 e. The Hall–Kier alpha value is -3.93. The van der Waals surface area contributed by atoms with E-state index in [0.717, 1.165) is 16.7 Å². The Balaban J connectivity index is 1.44. The van der Waals surface area contributed by atoms with E-state index in [4.69, 9.17) is 14.2 Å². The van der Waals surface area contributed by atoms with Gasteiger partial charge in [-0.1, -0.05) is 43.3 Å². The minimum atomic E-state index is -0.323. The van der Waals surface area contributed by atoms with Gasteiger partial charge in [0.25, 0.3) is 0 Å². The number of para-hydroxylation sites is 1. The van der Waals surface area contributed by atoms with Crippen molar-refractivity contribution in [1.82, 2.24) is 0 Å². The second-order valence-electron chi connectivity index (χ2n) is 8.24. The molecule has 0 saturated carbocycles. The zero-order chi connectivity index (χ0) is 25.0. The number of ether oxygens (including phenoxy) is 3. The summed E-state index contributed by atoms with van der Waals surface area (Å²) in [7, 11) is 0. The lowest BCUT2D eigenvalue weighted by Gasteiger charge is -2.09. The number of carbonyl (C=O) groups excluding carboxylic acids is 3. The van der Waals surface area contributed by atoms with Gasteiger partial charge in [-0.3, -0.25) is 14.4 Å².